The number of carbonyl (C=O) groups excluding carboxylic acids is 2. The van der Waals surface area contributed by atoms with Crippen molar-refractivity contribution in [3.8, 4) is 0 Å². The summed E-state index contributed by atoms with van der Waals surface area (Å²) in [4.78, 5) is 23.8. The highest BCUT2D eigenvalue weighted by Crippen LogP contribution is 2.19. The van der Waals surface area contributed by atoms with Gasteiger partial charge in [-0.1, -0.05) is 0 Å². The Morgan fingerprint density at radius 2 is 1.56 bits per heavy atom. The molecule has 0 radical (unpaired) electrons. The first-order valence-electron chi connectivity index (χ1n) is 5.14. The predicted octanol–water partition coefficient (Wildman–Crippen LogP) is -1.05. The molecule has 6 nitrogen and oxygen atoms in total. The van der Waals surface area contributed by atoms with Crippen molar-refractivity contribution in [2.24, 2.45) is 0 Å². The number of esters is 2. The maximum absolute atomic E-state index is 11.2. The topological polar surface area (TPSA) is 80.8 Å². The molecule has 0 aromatic carbocycles. The molecular weight excluding hydrogens is 234 g/mol. The summed E-state index contributed by atoms with van der Waals surface area (Å²) in [6, 6.07) is 0.000301. The van der Waals surface area contributed by atoms with E-state index >= 15 is 0 Å². The van der Waals surface area contributed by atoms with Gasteiger partial charge >= 0.3 is 11.9 Å². The van der Waals surface area contributed by atoms with Crippen LogP contribution >= 0.6 is 0 Å². The summed E-state index contributed by atoms with van der Waals surface area (Å²) >= 11 is 0. The number of rotatable bonds is 1. The third-order valence-corrected chi connectivity index (χ3v) is 4.65. The molecule has 2 saturated heterocycles. The summed E-state index contributed by atoms with van der Waals surface area (Å²) in [5.41, 5.74) is 0. The van der Waals surface area contributed by atoms with E-state index in [9.17, 15) is 18.0 Å². The van der Waals surface area contributed by atoms with Gasteiger partial charge in [-0.05, 0) is 12.8 Å². The van der Waals surface area contributed by atoms with Gasteiger partial charge in [0.1, 0.15) is 9.84 Å². The second-order valence-electron chi connectivity index (χ2n) is 4.13. The Hall–Kier alpha value is -0.950. The summed E-state index contributed by atoms with van der Waals surface area (Å²) in [6.45, 7) is 0.160. The summed E-state index contributed by atoms with van der Waals surface area (Å²) in [7, 11) is -2.91. The lowest BCUT2D eigenvalue weighted by Gasteiger charge is -2.34. The Bertz CT molecular complexity index is 386. The van der Waals surface area contributed by atoms with E-state index in [1.807, 2.05) is 0 Å². The Labute approximate surface area is 93.5 Å². The van der Waals surface area contributed by atoms with Crippen LogP contribution in [-0.4, -0.2) is 55.9 Å². The molecule has 0 aliphatic carbocycles. The van der Waals surface area contributed by atoms with Crippen molar-refractivity contribution in [2.45, 2.75) is 18.9 Å². The number of sulfone groups is 1. The minimum absolute atomic E-state index is 0.000301. The molecule has 0 N–H and O–H groups in total. The fourth-order valence-corrected chi connectivity index (χ4v) is 3.55. The van der Waals surface area contributed by atoms with Crippen molar-refractivity contribution < 1.29 is 22.7 Å². The van der Waals surface area contributed by atoms with Gasteiger partial charge in [0.05, 0.1) is 24.6 Å². The van der Waals surface area contributed by atoms with Crippen molar-refractivity contribution in [3.63, 3.8) is 0 Å². The third-order valence-electron chi connectivity index (χ3n) is 2.93. The summed E-state index contributed by atoms with van der Waals surface area (Å²) < 4.78 is 26.9. The number of morpholine rings is 1. The maximum Gasteiger partial charge on any atom is 0.327 e. The Balaban J connectivity index is 1.98. The lowest BCUT2D eigenvalue weighted by Crippen LogP contribution is -2.50. The molecular formula is C9H13NO5S. The number of hydrogen-bond acceptors (Lipinski definition) is 6. The molecule has 0 spiro atoms. The monoisotopic (exact) mass is 247 g/mol. The van der Waals surface area contributed by atoms with E-state index in [1.54, 1.807) is 4.90 Å². The molecule has 0 bridgehead atoms. The second kappa shape index (κ2) is 4.14. The molecule has 2 fully saturated rings. The van der Waals surface area contributed by atoms with Crippen molar-refractivity contribution in [1.82, 2.24) is 4.90 Å². The molecule has 90 valence electrons. The van der Waals surface area contributed by atoms with Crippen LogP contribution in [0.4, 0.5) is 0 Å². The van der Waals surface area contributed by atoms with E-state index in [4.69, 9.17) is 0 Å². The van der Waals surface area contributed by atoms with Gasteiger partial charge in [0.2, 0.25) is 0 Å². The lowest BCUT2D eigenvalue weighted by molar-refractivity contribution is -0.168. The van der Waals surface area contributed by atoms with Crippen LogP contribution in [0.2, 0.25) is 0 Å². The molecule has 0 aromatic rings. The smallest absolute Gasteiger partial charge is 0.327 e. The fraction of sp³-hybridized carbons (Fsp3) is 0.778. The average Bonchev–Trinajstić information content (AvgIpc) is 2.15. The summed E-state index contributed by atoms with van der Waals surface area (Å²) in [6.07, 6.45) is 0.978. The van der Waals surface area contributed by atoms with Gasteiger partial charge in [0.25, 0.3) is 0 Å². The summed E-state index contributed by atoms with van der Waals surface area (Å²) in [5, 5.41) is 0. The average molecular weight is 247 g/mol. The number of ether oxygens (including phenoxy) is 1. The van der Waals surface area contributed by atoms with Crippen LogP contribution in [-0.2, 0) is 24.2 Å². The molecule has 2 heterocycles. The van der Waals surface area contributed by atoms with Gasteiger partial charge in [-0.25, -0.2) is 8.42 Å². The SMILES string of the molecule is O=C1CN(C2CCS(=O)(=O)CC2)CC(=O)O1. The minimum atomic E-state index is -2.91. The van der Waals surface area contributed by atoms with Gasteiger partial charge in [0.15, 0.2) is 0 Å². The van der Waals surface area contributed by atoms with Gasteiger partial charge < -0.3 is 4.74 Å². The molecule has 0 amide bonds. The molecule has 7 heteroatoms. The number of hydrogen-bond donors (Lipinski definition) is 0. The predicted molar refractivity (Wildman–Crippen MR) is 54.3 cm³/mol. The summed E-state index contributed by atoms with van der Waals surface area (Å²) in [5.74, 6) is -0.830. The van der Waals surface area contributed by atoms with Crippen LogP contribution in [0, 0.1) is 0 Å². The molecule has 2 rings (SSSR count). The van der Waals surface area contributed by atoms with E-state index in [2.05, 4.69) is 4.74 Å². The lowest BCUT2D eigenvalue weighted by atomic mass is 10.1. The first-order chi connectivity index (χ1) is 7.46. The highest BCUT2D eigenvalue weighted by atomic mass is 32.2. The van der Waals surface area contributed by atoms with Crippen LogP contribution in [0.1, 0.15) is 12.8 Å². The normalized spacial score (nSPS) is 27.8. The van der Waals surface area contributed by atoms with E-state index in [-0.39, 0.29) is 30.6 Å². The Morgan fingerprint density at radius 1 is 1.06 bits per heavy atom. The zero-order valence-electron chi connectivity index (χ0n) is 8.72. The van der Waals surface area contributed by atoms with E-state index in [0.29, 0.717) is 12.8 Å². The van der Waals surface area contributed by atoms with Gasteiger partial charge in [-0.2, -0.15) is 0 Å². The number of cyclic esters (lactones) is 2. The molecule has 0 unspecified atom stereocenters. The standard InChI is InChI=1S/C9H13NO5S/c11-8-5-10(6-9(12)15-8)7-1-3-16(13,14)4-2-7/h7H,1-6H2. The number of nitrogens with zero attached hydrogens (tertiary/aromatic N) is 1. The van der Waals surface area contributed by atoms with Gasteiger partial charge in [0, 0.05) is 6.04 Å². The molecule has 0 aromatic heterocycles. The highest BCUT2D eigenvalue weighted by molar-refractivity contribution is 7.91. The van der Waals surface area contributed by atoms with Crippen molar-refractivity contribution in [3.05, 3.63) is 0 Å². The Kier molecular flexibility index (Phi) is 2.98. The van der Waals surface area contributed by atoms with E-state index < -0.39 is 21.8 Å². The van der Waals surface area contributed by atoms with Crippen LogP contribution in [0.25, 0.3) is 0 Å². The molecule has 2 aliphatic rings. The van der Waals surface area contributed by atoms with E-state index in [1.165, 1.54) is 0 Å². The van der Waals surface area contributed by atoms with Crippen LogP contribution < -0.4 is 0 Å². The second-order valence-corrected chi connectivity index (χ2v) is 6.44. The largest absolute Gasteiger partial charge is 0.391 e. The first-order valence-corrected chi connectivity index (χ1v) is 6.96. The zero-order valence-corrected chi connectivity index (χ0v) is 9.53. The van der Waals surface area contributed by atoms with Crippen LogP contribution in [0.15, 0.2) is 0 Å². The maximum atomic E-state index is 11.2. The zero-order chi connectivity index (χ0) is 11.8. The Morgan fingerprint density at radius 3 is 2.06 bits per heavy atom. The molecule has 16 heavy (non-hydrogen) atoms. The van der Waals surface area contributed by atoms with Crippen LogP contribution in [0.5, 0.6) is 0 Å². The first kappa shape index (κ1) is 11.5. The molecule has 2 aliphatic heterocycles. The quantitative estimate of drug-likeness (QED) is 0.434. The highest BCUT2D eigenvalue weighted by Gasteiger charge is 2.33. The minimum Gasteiger partial charge on any atom is -0.391 e. The van der Waals surface area contributed by atoms with Gasteiger partial charge in [-0.3, -0.25) is 14.5 Å². The van der Waals surface area contributed by atoms with Crippen molar-refractivity contribution in [2.75, 3.05) is 24.6 Å². The van der Waals surface area contributed by atoms with E-state index in [0.717, 1.165) is 0 Å². The fourth-order valence-electron chi connectivity index (χ4n) is 2.08. The third kappa shape index (κ3) is 2.59. The van der Waals surface area contributed by atoms with Gasteiger partial charge in [-0.15, -0.1) is 0 Å². The molecule has 0 saturated carbocycles. The molecule has 0 atom stereocenters. The number of carbonyl (C=O) groups is 2. The van der Waals surface area contributed by atoms with Crippen LogP contribution in [0.3, 0.4) is 0 Å². The van der Waals surface area contributed by atoms with Crippen molar-refractivity contribution >= 4 is 21.8 Å². The van der Waals surface area contributed by atoms with Crippen molar-refractivity contribution in [1.29, 1.82) is 0 Å².